The zero-order chi connectivity index (χ0) is 17.7. The molecule has 3 rings (SSSR count). The van der Waals surface area contributed by atoms with Crippen molar-refractivity contribution in [3.05, 3.63) is 48.0 Å². The fourth-order valence-corrected chi connectivity index (χ4v) is 3.63. The Labute approximate surface area is 160 Å². The van der Waals surface area contributed by atoms with Crippen molar-refractivity contribution in [2.75, 3.05) is 13.1 Å². The van der Waals surface area contributed by atoms with E-state index < -0.39 is 0 Å². The van der Waals surface area contributed by atoms with Crippen LogP contribution in [-0.4, -0.2) is 30.4 Å². The first-order valence-corrected chi connectivity index (χ1v) is 8.86. The molecular weight excluding hydrogens is 350 g/mol. The van der Waals surface area contributed by atoms with Gasteiger partial charge in [0, 0.05) is 6.54 Å². The minimum atomic E-state index is -0.280. The lowest BCUT2D eigenvalue weighted by Crippen LogP contribution is -2.54. The van der Waals surface area contributed by atoms with Gasteiger partial charge in [0.15, 0.2) is 0 Å². The van der Waals surface area contributed by atoms with Crippen LogP contribution in [-0.2, 0) is 16.0 Å². The molecule has 0 bridgehead atoms. The molecule has 1 aliphatic rings. The van der Waals surface area contributed by atoms with Crippen LogP contribution in [0.15, 0.2) is 42.5 Å². The third kappa shape index (κ3) is 4.74. The van der Waals surface area contributed by atoms with Crippen LogP contribution >= 0.6 is 12.4 Å². The van der Waals surface area contributed by atoms with E-state index >= 15 is 0 Å². The van der Waals surface area contributed by atoms with Gasteiger partial charge >= 0.3 is 0 Å². The number of hydrogen-bond donors (Lipinski definition) is 3. The SMILES string of the molecule is Cl.NCC1(NC(=O)CNC(=O)Cc2cccc3ccccc23)CCCC1. The van der Waals surface area contributed by atoms with E-state index in [-0.39, 0.29) is 42.7 Å². The van der Waals surface area contributed by atoms with Crippen molar-refractivity contribution in [3.63, 3.8) is 0 Å². The van der Waals surface area contributed by atoms with Gasteiger partial charge in [0.05, 0.1) is 18.5 Å². The lowest BCUT2D eigenvalue weighted by atomic mass is 9.98. The number of fused-ring (bicyclic) bond motifs is 1. The van der Waals surface area contributed by atoms with Crippen molar-refractivity contribution >= 4 is 35.0 Å². The molecule has 26 heavy (non-hydrogen) atoms. The van der Waals surface area contributed by atoms with E-state index in [9.17, 15) is 9.59 Å². The molecule has 2 amide bonds. The molecule has 1 fully saturated rings. The normalized spacial score (nSPS) is 15.3. The lowest BCUT2D eigenvalue weighted by molar-refractivity contribution is -0.126. The lowest BCUT2D eigenvalue weighted by Gasteiger charge is -2.28. The summed E-state index contributed by atoms with van der Waals surface area (Å²) in [6, 6.07) is 13.9. The second-order valence-electron chi connectivity index (χ2n) is 6.83. The van der Waals surface area contributed by atoms with Crippen molar-refractivity contribution in [2.24, 2.45) is 5.73 Å². The quantitative estimate of drug-likeness (QED) is 0.724. The molecule has 5 nitrogen and oxygen atoms in total. The van der Waals surface area contributed by atoms with Crippen molar-refractivity contribution < 1.29 is 9.59 Å². The number of amides is 2. The number of nitrogens with two attached hydrogens (primary N) is 1. The van der Waals surface area contributed by atoms with Gasteiger partial charge in [-0.05, 0) is 29.2 Å². The molecule has 2 aromatic rings. The van der Waals surface area contributed by atoms with E-state index in [1.807, 2.05) is 42.5 Å². The van der Waals surface area contributed by atoms with Gasteiger partial charge in [-0.2, -0.15) is 0 Å². The monoisotopic (exact) mass is 375 g/mol. The second kappa shape index (κ2) is 9.01. The minimum absolute atomic E-state index is 0. The summed E-state index contributed by atoms with van der Waals surface area (Å²) in [7, 11) is 0. The maximum Gasteiger partial charge on any atom is 0.239 e. The van der Waals surface area contributed by atoms with Crippen molar-refractivity contribution in [2.45, 2.75) is 37.6 Å². The van der Waals surface area contributed by atoms with E-state index in [2.05, 4.69) is 10.6 Å². The predicted molar refractivity (Wildman–Crippen MR) is 106 cm³/mol. The van der Waals surface area contributed by atoms with Crippen LogP contribution in [0.5, 0.6) is 0 Å². The summed E-state index contributed by atoms with van der Waals surface area (Å²) in [5.74, 6) is -0.321. The number of benzene rings is 2. The van der Waals surface area contributed by atoms with Gasteiger partial charge in [0.2, 0.25) is 11.8 Å². The fourth-order valence-electron chi connectivity index (χ4n) is 3.63. The Morgan fingerprint density at radius 2 is 1.69 bits per heavy atom. The van der Waals surface area contributed by atoms with Crippen molar-refractivity contribution in [3.8, 4) is 0 Å². The number of halogens is 1. The maximum absolute atomic E-state index is 12.2. The van der Waals surface area contributed by atoms with Crippen LogP contribution in [0, 0.1) is 0 Å². The smallest absolute Gasteiger partial charge is 0.239 e. The zero-order valence-electron chi connectivity index (χ0n) is 14.8. The Bertz CT molecular complexity index is 767. The van der Waals surface area contributed by atoms with E-state index in [0.29, 0.717) is 6.54 Å². The van der Waals surface area contributed by atoms with Gasteiger partial charge in [-0.3, -0.25) is 9.59 Å². The highest BCUT2D eigenvalue weighted by atomic mass is 35.5. The first kappa shape index (κ1) is 20.2. The average Bonchev–Trinajstić information content (AvgIpc) is 3.09. The maximum atomic E-state index is 12.2. The first-order valence-electron chi connectivity index (χ1n) is 8.86. The third-order valence-corrected chi connectivity index (χ3v) is 5.03. The van der Waals surface area contributed by atoms with E-state index in [1.54, 1.807) is 0 Å². The largest absolute Gasteiger partial charge is 0.348 e. The molecule has 1 aliphatic carbocycles. The summed E-state index contributed by atoms with van der Waals surface area (Å²) in [6.45, 7) is 0.439. The standard InChI is InChI=1S/C20H25N3O2.ClH/c21-14-20(10-3-4-11-20)23-19(25)13-22-18(24)12-16-8-5-7-15-6-1-2-9-17(15)16;/h1-2,5-9H,3-4,10-14,21H2,(H,22,24)(H,23,25);1H. The Morgan fingerprint density at radius 3 is 2.42 bits per heavy atom. The van der Waals surface area contributed by atoms with Crippen LogP contribution < -0.4 is 16.4 Å². The van der Waals surface area contributed by atoms with Crippen LogP contribution in [0.4, 0.5) is 0 Å². The first-order chi connectivity index (χ1) is 12.1. The molecule has 1 saturated carbocycles. The van der Waals surface area contributed by atoms with E-state index in [1.165, 1.54) is 0 Å². The number of carbonyl (C=O) groups is 2. The average molecular weight is 376 g/mol. The third-order valence-electron chi connectivity index (χ3n) is 5.03. The topological polar surface area (TPSA) is 84.2 Å². The molecule has 0 aliphatic heterocycles. The summed E-state index contributed by atoms with van der Waals surface area (Å²) in [6.07, 6.45) is 4.27. The van der Waals surface area contributed by atoms with Gasteiger partial charge in [0.1, 0.15) is 0 Å². The van der Waals surface area contributed by atoms with E-state index in [0.717, 1.165) is 42.0 Å². The highest BCUT2D eigenvalue weighted by Crippen LogP contribution is 2.28. The van der Waals surface area contributed by atoms with Crippen LogP contribution in [0.25, 0.3) is 10.8 Å². The second-order valence-corrected chi connectivity index (χ2v) is 6.83. The molecule has 140 valence electrons. The van der Waals surface area contributed by atoms with Crippen molar-refractivity contribution in [1.82, 2.24) is 10.6 Å². The summed E-state index contributed by atoms with van der Waals surface area (Å²) in [5.41, 5.74) is 6.51. The van der Waals surface area contributed by atoms with Crippen LogP contribution in [0.2, 0.25) is 0 Å². The zero-order valence-corrected chi connectivity index (χ0v) is 15.6. The summed E-state index contributed by atoms with van der Waals surface area (Å²) in [5, 5.41) is 7.91. The molecule has 2 aromatic carbocycles. The summed E-state index contributed by atoms with van der Waals surface area (Å²) in [4.78, 5) is 24.4. The van der Waals surface area contributed by atoms with Gasteiger partial charge in [-0.1, -0.05) is 55.3 Å². The van der Waals surface area contributed by atoms with Crippen LogP contribution in [0.3, 0.4) is 0 Å². The molecule has 0 atom stereocenters. The number of nitrogens with one attached hydrogen (secondary N) is 2. The van der Waals surface area contributed by atoms with Gasteiger partial charge in [0.25, 0.3) is 0 Å². The van der Waals surface area contributed by atoms with Gasteiger partial charge < -0.3 is 16.4 Å². The van der Waals surface area contributed by atoms with Crippen LogP contribution in [0.1, 0.15) is 31.2 Å². The number of rotatable bonds is 6. The molecule has 6 heteroatoms. The summed E-state index contributed by atoms with van der Waals surface area (Å²) >= 11 is 0. The van der Waals surface area contributed by atoms with Gasteiger partial charge in [-0.25, -0.2) is 0 Å². The predicted octanol–water partition coefficient (Wildman–Crippen LogP) is 2.31. The number of hydrogen-bond acceptors (Lipinski definition) is 3. The molecule has 0 spiro atoms. The molecule has 0 unspecified atom stereocenters. The molecule has 0 heterocycles. The number of carbonyl (C=O) groups excluding carboxylic acids is 2. The molecule has 0 aromatic heterocycles. The van der Waals surface area contributed by atoms with Gasteiger partial charge in [-0.15, -0.1) is 12.4 Å². The van der Waals surface area contributed by atoms with Crippen molar-refractivity contribution in [1.29, 1.82) is 0 Å². The Morgan fingerprint density at radius 1 is 1.00 bits per heavy atom. The molecule has 0 radical (unpaired) electrons. The van der Waals surface area contributed by atoms with E-state index in [4.69, 9.17) is 5.73 Å². The Balaban J connectivity index is 0.00000243. The summed E-state index contributed by atoms with van der Waals surface area (Å²) < 4.78 is 0. The highest BCUT2D eigenvalue weighted by Gasteiger charge is 2.33. The minimum Gasteiger partial charge on any atom is -0.348 e. The highest BCUT2D eigenvalue weighted by molar-refractivity contribution is 5.91. The Kier molecular flexibility index (Phi) is 7.00. The molecule has 4 N–H and O–H groups in total. The Hall–Kier alpha value is -2.11. The molecule has 0 saturated heterocycles. The molecular formula is C20H26ClN3O2. The fraction of sp³-hybridized carbons (Fsp3) is 0.400.